The van der Waals surface area contributed by atoms with E-state index in [1.165, 1.54) is 97.3 Å². The number of nitrogens with one attached hydrogen (secondary N) is 2. The second-order valence-corrected chi connectivity index (χ2v) is 21.7. The highest BCUT2D eigenvalue weighted by molar-refractivity contribution is 7.99. The standard InChI is InChI=1S/C37H68N7O16P3S/c1-4-5-6-7-8-9-10-11-12-13-14-15-16-17-21-64-22-20-39-28(45)18-19-40-35(48)32(47)37(2,3)24-57-63(54,55)60-62(52,53)56-23-27-31(59-61(49,50)51)30(46)36(58-27)44-26-43-29-33(38)41-25-42-34(29)44/h25-27,30-32,36,46-47H,4-24H2,1-3H3,(H,39,45)(H,40,48)(H,52,53)(H,54,55)(H2,38,41,42)(H2,49,50,51)/t27-,30?,31+,32+,36-/m1/s1. The summed E-state index contributed by atoms with van der Waals surface area (Å²) in [5.41, 5.74) is 4.34. The maximum atomic E-state index is 12.7. The van der Waals surface area contributed by atoms with Gasteiger partial charge in [-0.05, 0) is 12.2 Å². The number of imidazole rings is 1. The van der Waals surface area contributed by atoms with Crippen LogP contribution in [0.2, 0.25) is 0 Å². The Morgan fingerprint density at radius 1 is 0.875 bits per heavy atom. The van der Waals surface area contributed by atoms with Crippen molar-refractivity contribution < 1.29 is 75.7 Å². The Labute approximate surface area is 378 Å². The quantitative estimate of drug-likeness (QED) is 0.0341. The molecule has 3 heterocycles. The SMILES string of the molecule is CCCCCCCCCCCCCCCCSCCNC(=O)CCNC(=O)[C@H](O)C(C)(C)COP(=O)(O)OP(=O)(O)OC[C@H]1O[C@@H](n2cnc3c(N)ncnc32)C(O)[C@H]1OP(=O)(O)O. The van der Waals surface area contributed by atoms with E-state index >= 15 is 0 Å². The van der Waals surface area contributed by atoms with E-state index in [1.807, 2.05) is 0 Å². The highest BCUT2D eigenvalue weighted by Gasteiger charge is 2.50. The fourth-order valence-corrected chi connectivity index (χ4v) is 10.4. The minimum Gasteiger partial charge on any atom is -0.386 e. The summed E-state index contributed by atoms with van der Waals surface area (Å²) >= 11 is 1.77. The number of carbonyl (C=O) groups excluding carboxylic acids is 2. The second-order valence-electron chi connectivity index (χ2n) is 16.3. The molecule has 7 atom stereocenters. The zero-order valence-electron chi connectivity index (χ0n) is 36.8. The van der Waals surface area contributed by atoms with Gasteiger partial charge in [0.15, 0.2) is 17.7 Å². The first kappa shape index (κ1) is 56.2. The molecule has 0 radical (unpaired) electrons. The largest absolute Gasteiger partial charge is 0.481 e. The molecule has 2 aromatic heterocycles. The van der Waals surface area contributed by atoms with E-state index in [0.717, 1.165) is 35.1 Å². The Balaban J connectivity index is 1.31. The van der Waals surface area contributed by atoms with E-state index in [1.54, 1.807) is 11.8 Å². The minimum absolute atomic E-state index is 0.0318. The topological polar surface area (TPSA) is 347 Å². The van der Waals surface area contributed by atoms with Gasteiger partial charge < -0.3 is 50.9 Å². The second kappa shape index (κ2) is 27.6. The number of hydrogen-bond donors (Lipinski definition) is 9. The molecule has 1 saturated heterocycles. The number of phosphoric acid groups is 3. The van der Waals surface area contributed by atoms with E-state index in [9.17, 15) is 53.1 Å². The Morgan fingerprint density at radius 2 is 1.47 bits per heavy atom. The molecule has 1 aliphatic heterocycles. The van der Waals surface area contributed by atoms with E-state index < -0.39 is 78.6 Å². The molecule has 2 amide bonds. The molecule has 0 saturated carbocycles. The number of anilines is 1. The Hall–Kier alpha value is -2.11. The van der Waals surface area contributed by atoms with Crippen LogP contribution in [0.15, 0.2) is 12.7 Å². The summed E-state index contributed by atoms with van der Waals surface area (Å²) in [5, 5.41) is 26.8. The lowest BCUT2D eigenvalue weighted by Crippen LogP contribution is -2.46. The van der Waals surface area contributed by atoms with Crippen molar-refractivity contribution >= 4 is 64.0 Å². The van der Waals surface area contributed by atoms with Gasteiger partial charge in [0, 0.05) is 30.7 Å². The van der Waals surface area contributed by atoms with E-state index in [-0.39, 0.29) is 35.9 Å². The summed E-state index contributed by atoms with van der Waals surface area (Å²) in [5.74, 6) is 0.534. The predicted octanol–water partition coefficient (Wildman–Crippen LogP) is 4.62. The predicted molar refractivity (Wildman–Crippen MR) is 237 cm³/mol. The van der Waals surface area contributed by atoms with Crippen molar-refractivity contribution in [3.63, 3.8) is 0 Å². The van der Waals surface area contributed by atoms with Crippen molar-refractivity contribution in [2.45, 2.75) is 148 Å². The first-order valence-corrected chi connectivity index (χ1v) is 27.3. The number of nitrogens with two attached hydrogens (primary N) is 1. The number of rotatable bonds is 34. The van der Waals surface area contributed by atoms with E-state index in [0.29, 0.717) is 6.54 Å². The number of phosphoric ester groups is 3. The van der Waals surface area contributed by atoms with Crippen LogP contribution in [0.1, 0.15) is 123 Å². The van der Waals surface area contributed by atoms with Crippen LogP contribution < -0.4 is 16.4 Å². The maximum Gasteiger partial charge on any atom is 0.481 e. The van der Waals surface area contributed by atoms with Crippen molar-refractivity contribution in [2.75, 3.05) is 43.5 Å². The number of ether oxygens (including phenoxy) is 1. The van der Waals surface area contributed by atoms with Crippen LogP contribution in [0, 0.1) is 5.41 Å². The van der Waals surface area contributed by atoms with Gasteiger partial charge in [-0.2, -0.15) is 16.1 Å². The smallest absolute Gasteiger partial charge is 0.386 e. The van der Waals surface area contributed by atoms with Gasteiger partial charge in [0.2, 0.25) is 11.8 Å². The van der Waals surface area contributed by atoms with Crippen molar-refractivity contribution in [1.29, 1.82) is 0 Å². The lowest BCUT2D eigenvalue weighted by atomic mass is 9.87. The number of unbranched alkanes of at least 4 members (excludes halogenated alkanes) is 13. The number of nitrogen functional groups attached to an aromatic ring is 1. The zero-order chi connectivity index (χ0) is 47.4. The van der Waals surface area contributed by atoms with Gasteiger partial charge in [0.1, 0.15) is 36.3 Å². The van der Waals surface area contributed by atoms with E-state index in [4.69, 9.17) is 19.5 Å². The number of carbonyl (C=O) groups is 2. The molecule has 0 spiro atoms. The number of aliphatic hydroxyl groups excluding tert-OH is 2. The van der Waals surface area contributed by atoms with Crippen molar-refractivity contribution in [1.82, 2.24) is 30.2 Å². The lowest BCUT2D eigenvalue weighted by Gasteiger charge is -2.30. The molecule has 0 bridgehead atoms. The van der Waals surface area contributed by atoms with Gasteiger partial charge in [0.05, 0.1) is 19.5 Å². The Kier molecular flexibility index (Phi) is 24.3. The van der Waals surface area contributed by atoms with Gasteiger partial charge in [0.25, 0.3) is 0 Å². The Bertz CT molecular complexity index is 1880. The lowest BCUT2D eigenvalue weighted by molar-refractivity contribution is -0.137. The third-order valence-corrected chi connectivity index (χ3v) is 14.5. The average Bonchev–Trinajstić information content (AvgIpc) is 3.78. The number of nitrogens with zero attached hydrogens (tertiary/aromatic N) is 4. The summed E-state index contributed by atoms with van der Waals surface area (Å²) in [6.07, 6.45) is 11.7. The third-order valence-electron chi connectivity index (χ3n) is 10.3. The number of aliphatic hydroxyl groups is 2. The molecular weight excluding hydrogens is 923 g/mol. The van der Waals surface area contributed by atoms with Gasteiger partial charge >= 0.3 is 23.5 Å². The molecule has 0 aromatic carbocycles. The summed E-state index contributed by atoms with van der Waals surface area (Å²) < 4.78 is 62.5. The van der Waals surface area contributed by atoms with Crippen LogP contribution >= 0.6 is 35.2 Å². The summed E-state index contributed by atoms with van der Waals surface area (Å²) in [6, 6.07) is 0. The molecular formula is C37H68N7O16P3S. The van der Waals surface area contributed by atoms with Crippen LogP contribution in [0.3, 0.4) is 0 Å². The van der Waals surface area contributed by atoms with Crippen molar-refractivity contribution in [3.05, 3.63) is 12.7 Å². The fourth-order valence-electron chi connectivity index (χ4n) is 6.70. The fraction of sp³-hybridized carbons (Fsp3) is 0.811. The van der Waals surface area contributed by atoms with E-state index in [2.05, 4.69) is 41.3 Å². The molecule has 2 aromatic rings. The molecule has 27 heteroatoms. The van der Waals surface area contributed by atoms with Crippen molar-refractivity contribution in [2.24, 2.45) is 5.41 Å². The zero-order valence-corrected chi connectivity index (χ0v) is 40.3. The van der Waals surface area contributed by atoms with Crippen LogP contribution in [0.4, 0.5) is 5.82 Å². The van der Waals surface area contributed by atoms with Gasteiger partial charge in [-0.3, -0.25) is 27.7 Å². The monoisotopic (exact) mass is 991 g/mol. The molecule has 64 heavy (non-hydrogen) atoms. The number of amides is 2. The highest BCUT2D eigenvalue weighted by Crippen LogP contribution is 2.61. The normalized spacial score (nSPS) is 20.5. The molecule has 1 fully saturated rings. The highest BCUT2D eigenvalue weighted by atomic mass is 32.2. The van der Waals surface area contributed by atoms with Gasteiger partial charge in [-0.1, -0.05) is 104 Å². The number of hydrogen-bond acceptors (Lipinski definition) is 17. The van der Waals surface area contributed by atoms with Crippen LogP contribution in [0.5, 0.6) is 0 Å². The van der Waals surface area contributed by atoms with Crippen LogP contribution in [-0.4, -0.2) is 123 Å². The summed E-state index contributed by atoms with van der Waals surface area (Å²) in [4.78, 5) is 76.1. The molecule has 23 nitrogen and oxygen atoms in total. The number of thioether (sulfide) groups is 1. The van der Waals surface area contributed by atoms with Crippen molar-refractivity contribution in [3.8, 4) is 0 Å². The third kappa shape index (κ3) is 20.4. The maximum absolute atomic E-state index is 12.7. The number of fused-ring (bicyclic) bond motifs is 1. The first-order chi connectivity index (χ1) is 30.2. The van der Waals surface area contributed by atoms with Gasteiger partial charge in [-0.25, -0.2) is 28.6 Å². The molecule has 3 unspecified atom stereocenters. The molecule has 3 rings (SSSR count). The molecule has 1 aliphatic rings. The first-order valence-electron chi connectivity index (χ1n) is 21.6. The Morgan fingerprint density at radius 3 is 2.08 bits per heavy atom. The molecule has 10 N–H and O–H groups in total. The average molecular weight is 992 g/mol. The minimum atomic E-state index is -5.55. The molecule has 368 valence electrons. The summed E-state index contributed by atoms with van der Waals surface area (Å²) in [7, 11) is -16.3. The molecule has 0 aliphatic carbocycles. The number of aromatic nitrogens is 4. The van der Waals surface area contributed by atoms with Gasteiger partial charge in [-0.15, -0.1) is 0 Å². The van der Waals surface area contributed by atoms with Crippen LogP contribution in [-0.2, 0) is 45.9 Å². The van der Waals surface area contributed by atoms with Crippen LogP contribution in [0.25, 0.3) is 11.2 Å². The summed E-state index contributed by atoms with van der Waals surface area (Å²) in [6.45, 7) is 3.22.